The molecule has 0 radical (unpaired) electrons. The van der Waals surface area contributed by atoms with Crippen LogP contribution in [0.3, 0.4) is 0 Å². The first kappa shape index (κ1) is 19.1. The number of carbonyl (C=O) groups is 1. The van der Waals surface area contributed by atoms with Crippen molar-refractivity contribution in [3.8, 4) is 11.6 Å². The maximum atomic E-state index is 13.6. The van der Waals surface area contributed by atoms with Crippen LogP contribution in [0.25, 0.3) is 0 Å². The number of nitrogens with zero attached hydrogens (tertiary/aromatic N) is 2. The molecule has 0 saturated carbocycles. The summed E-state index contributed by atoms with van der Waals surface area (Å²) in [4.78, 5) is 17.9. The summed E-state index contributed by atoms with van der Waals surface area (Å²) in [5.41, 5.74) is 0.487. The van der Waals surface area contributed by atoms with E-state index in [0.717, 1.165) is 12.1 Å². The zero-order chi connectivity index (χ0) is 19.8. The Morgan fingerprint density at radius 1 is 1.37 bits per heavy atom. The molecule has 1 aromatic heterocycles. The molecule has 2 heterocycles. The van der Waals surface area contributed by atoms with Crippen molar-refractivity contribution in [1.82, 2.24) is 9.88 Å². The van der Waals surface area contributed by atoms with E-state index in [9.17, 15) is 17.6 Å². The fourth-order valence-corrected chi connectivity index (χ4v) is 4.24. The van der Waals surface area contributed by atoms with Crippen LogP contribution >= 0.6 is 0 Å². The van der Waals surface area contributed by atoms with E-state index in [4.69, 9.17) is 9.47 Å². The van der Waals surface area contributed by atoms with Crippen molar-refractivity contribution in [3.63, 3.8) is 0 Å². The Morgan fingerprint density at radius 3 is 2.81 bits per heavy atom. The van der Waals surface area contributed by atoms with Gasteiger partial charge in [-0.3, -0.25) is 4.79 Å². The standard InChI is InChI=1S/C18H19FN2O5S/c1-11-9-26-17-14(18(22)21(11)2)6-12(8-20-17)10-27(23,24)16-7-13(19)4-5-15(16)25-3/h4-8,11H,9-10H2,1-3H3/t11-/m0/s1. The topological polar surface area (TPSA) is 85.8 Å². The van der Waals surface area contributed by atoms with Crippen LogP contribution in [-0.4, -0.2) is 51.0 Å². The summed E-state index contributed by atoms with van der Waals surface area (Å²) in [5, 5.41) is 0. The molecule has 1 aliphatic heterocycles. The molecule has 0 N–H and O–H groups in total. The molecular formula is C18H19FN2O5S. The highest BCUT2D eigenvalue weighted by Crippen LogP contribution is 2.29. The lowest BCUT2D eigenvalue weighted by Gasteiger charge is -2.20. The summed E-state index contributed by atoms with van der Waals surface area (Å²) < 4.78 is 49.7. The molecule has 0 unspecified atom stereocenters. The summed E-state index contributed by atoms with van der Waals surface area (Å²) in [6.07, 6.45) is 1.34. The van der Waals surface area contributed by atoms with Crippen LogP contribution in [0.4, 0.5) is 4.39 Å². The van der Waals surface area contributed by atoms with Crippen LogP contribution in [0.2, 0.25) is 0 Å². The summed E-state index contributed by atoms with van der Waals surface area (Å²) in [6.45, 7) is 2.13. The van der Waals surface area contributed by atoms with Gasteiger partial charge in [0.05, 0.1) is 18.9 Å². The minimum atomic E-state index is -3.93. The van der Waals surface area contributed by atoms with Gasteiger partial charge in [-0.25, -0.2) is 17.8 Å². The Kier molecular flexibility index (Phi) is 5.05. The Hall–Kier alpha value is -2.68. The van der Waals surface area contributed by atoms with Crippen molar-refractivity contribution in [1.29, 1.82) is 0 Å². The minimum Gasteiger partial charge on any atom is -0.495 e. The maximum Gasteiger partial charge on any atom is 0.259 e. The van der Waals surface area contributed by atoms with Crippen molar-refractivity contribution in [2.24, 2.45) is 0 Å². The van der Waals surface area contributed by atoms with Crippen LogP contribution < -0.4 is 9.47 Å². The molecule has 1 atom stereocenters. The van der Waals surface area contributed by atoms with E-state index in [1.54, 1.807) is 7.05 Å². The van der Waals surface area contributed by atoms with Crippen LogP contribution in [0.5, 0.6) is 11.6 Å². The third-order valence-electron chi connectivity index (χ3n) is 4.40. The predicted octanol–water partition coefficient (Wildman–Crippen LogP) is 2.06. The number of benzene rings is 1. The van der Waals surface area contributed by atoms with E-state index in [0.29, 0.717) is 12.2 Å². The zero-order valence-corrected chi connectivity index (χ0v) is 15.9. The number of rotatable bonds is 4. The molecule has 0 spiro atoms. The molecule has 1 amide bonds. The lowest BCUT2D eigenvalue weighted by Crippen LogP contribution is -2.36. The normalized spacial score (nSPS) is 17.1. The molecule has 3 rings (SSSR count). The molecule has 7 nitrogen and oxygen atoms in total. The monoisotopic (exact) mass is 394 g/mol. The number of likely N-dealkylation sites (N-methyl/N-ethyl adjacent to an activating group) is 1. The number of hydrogen-bond acceptors (Lipinski definition) is 6. The van der Waals surface area contributed by atoms with Gasteiger partial charge >= 0.3 is 0 Å². The molecule has 144 valence electrons. The molecule has 9 heteroatoms. The highest BCUT2D eigenvalue weighted by Gasteiger charge is 2.28. The first-order valence-electron chi connectivity index (χ1n) is 8.18. The highest BCUT2D eigenvalue weighted by atomic mass is 32.2. The average Bonchev–Trinajstić information content (AvgIpc) is 2.74. The minimum absolute atomic E-state index is 0.0482. The number of hydrogen-bond donors (Lipinski definition) is 0. The SMILES string of the molecule is COc1ccc(F)cc1S(=O)(=O)Cc1cnc2c(c1)C(=O)N(C)[C@@H](C)CO2. The summed E-state index contributed by atoms with van der Waals surface area (Å²) in [5.74, 6) is -1.23. The third-order valence-corrected chi connectivity index (χ3v) is 6.10. The second kappa shape index (κ2) is 7.15. The number of carbonyl (C=O) groups excluding carboxylic acids is 1. The van der Waals surface area contributed by atoms with Crippen molar-refractivity contribution in [2.45, 2.75) is 23.6 Å². The molecule has 27 heavy (non-hydrogen) atoms. The number of sulfone groups is 1. The van der Waals surface area contributed by atoms with Crippen molar-refractivity contribution >= 4 is 15.7 Å². The second-order valence-corrected chi connectivity index (χ2v) is 8.28. The van der Waals surface area contributed by atoms with Gasteiger partial charge in [-0.2, -0.15) is 0 Å². The predicted molar refractivity (Wildman–Crippen MR) is 95.1 cm³/mol. The van der Waals surface area contributed by atoms with Gasteiger partial charge in [-0.15, -0.1) is 0 Å². The number of ether oxygens (including phenoxy) is 2. The quantitative estimate of drug-likeness (QED) is 0.789. The molecule has 0 bridgehead atoms. The van der Waals surface area contributed by atoms with Gasteiger partial charge in [-0.05, 0) is 36.8 Å². The zero-order valence-electron chi connectivity index (χ0n) is 15.1. The molecule has 0 aliphatic carbocycles. The van der Waals surface area contributed by atoms with Gasteiger partial charge in [-0.1, -0.05) is 0 Å². The Morgan fingerprint density at radius 2 is 2.11 bits per heavy atom. The maximum absolute atomic E-state index is 13.6. The van der Waals surface area contributed by atoms with Crippen molar-refractivity contribution in [2.75, 3.05) is 20.8 Å². The van der Waals surface area contributed by atoms with Crippen LogP contribution in [0, 0.1) is 5.82 Å². The van der Waals surface area contributed by atoms with E-state index in [2.05, 4.69) is 4.98 Å². The van der Waals surface area contributed by atoms with E-state index in [-0.39, 0.29) is 34.0 Å². The molecular weight excluding hydrogens is 375 g/mol. The Labute approximate surface area is 156 Å². The molecule has 1 aliphatic rings. The fraction of sp³-hybridized carbons (Fsp3) is 0.333. The highest BCUT2D eigenvalue weighted by molar-refractivity contribution is 7.90. The van der Waals surface area contributed by atoms with E-state index in [1.807, 2.05) is 6.92 Å². The first-order chi connectivity index (χ1) is 12.7. The number of amides is 1. The second-order valence-electron chi connectivity index (χ2n) is 6.33. The summed E-state index contributed by atoms with van der Waals surface area (Å²) >= 11 is 0. The van der Waals surface area contributed by atoms with E-state index in [1.165, 1.54) is 30.3 Å². The van der Waals surface area contributed by atoms with Crippen molar-refractivity contribution in [3.05, 3.63) is 47.4 Å². The van der Waals surface area contributed by atoms with Gasteiger partial charge < -0.3 is 14.4 Å². The largest absolute Gasteiger partial charge is 0.495 e. The summed E-state index contributed by atoms with van der Waals surface area (Å²) in [6, 6.07) is 4.59. The van der Waals surface area contributed by atoms with E-state index >= 15 is 0 Å². The van der Waals surface area contributed by atoms with Gasteiger partial charge in [0.1, 0.15) is 28.6 Å². The number of methoxy groups -OCH3 is 1. The summed E-state index contributed by atoms with van der Waals surface area (Å²) in [7, 11) is -0.973. The van der Waals surface area contributed by atoms with Crippen molar-refractivity contribution < 1.29 is 27.1 Å². The van der Waals surface area contributed by atoms with Crippen LogP contribution in [0.15, 0.2) is 35.4 Å². The van der Waals surface area contributed by atoms with Gasteiger partial charge in [0.15, 0.2) is 9.84 Å². The number of fused-ring (bicyclic) bond motifs is 1. The lowest BCUT2D eigenvalue weighted by molar-refractivity contribution is 0.0732. The Balaban J connectivity index is 1.98. The average molecular weight is 394 g/mol. The number of pyridine rings is 1. The Bertz CT molecular complexity index is 993. The number of halogens is 1. The molecule has 0 fully saturated rings. The molecule has 0 saturated heterocycles. The fourth-order valence-electron chi connectivity index (χ4n) is 2.73. The van der Waals surface area contributed by atoms with Gasteiger partial charge in [0, 0.05) is 13.2 Å². The molecule has 1 aromatic carbocycles. The van der Waals surface area contributed by atoms with E-state index < -0.39 is 21.4 Å². The molecule has 2 aromatic rings. The smallest absolute Gasteiger partial charge is 0.259 e. The third kappa shape index (κ3) is 3.73. The number of aromatic nitrogens is 1. The lowest BCUT2D eigenvalue weighted by atomic mass is 10.2. The first-order valence-corrected chi connectivity index (χ1v) is 9.83. The van der Waals surface area contributed by atoms with Crippen LogP contribution in [0.1, 0.15) is 22.8 Å². The van der Waals surface area contributed by atoms with Crippen LogP contribution in [-0.2, 0) is 15.6 Å². The van der Waals surface area contributed by atoms with Gasteiger partial charge in [0.2, 0.25) is 5.88 Å². The van der Waals surface area contributed by atoms with Gasteiger partial charge in [0.25, 0.3) is 5.91 Å².